The van der Waals surface area contributed by atoms with Gasteiger partial charge in [-0.15, -0.1) is 0 Å². The van der Waals surface area contributed by atoms with E-state index in [0.29, 0.717) is 6.61 Å². The van der Waals surface area contributed by atoms with Crippen molar-refractivity contribution in [1.82, 2.24) is 0 Å². The van der Waals surface area contributed by atoms with Crippen LogP contribution in [0.5, 0.6) is 0 Å². The summed E-state index contributed by atoms with van der Waals surface area (Å²) in [6, 6.07) is 20.9. The van der Waals surface area contributed by atoms with E-state index in [2.05, 4.69) is 85.2 Å². The second-order valence-electron chi connectivity index (χ2n) is 6.63. The van der Waals surface area contributed by atoms with Gasteiger partial charge in [0, 0.05) is 0 Å². The van der Waals surface area contributed by atoms with Gasteiger partial charge < -0.3 is 9.22 Å². The molecule has 4 heteroatoms. The Balaban J connectivity index is 2.62. The van der Waals surface area contributed by atoms with Crippen LogP contribution in [0.25, 0.3) is 0 Å². The molecule has 0 amide bonds. The Kier molecular flexibility index (Phi) is 5.95. The fourth-order valence-corrected chi connectivity index (χ4v) is 7.97. The molecule has 2 aromatic rings. The molecule has 1 unspecified atom stereocenters. The number of rotatable bonds is 6. The molecule has 0 spiro atoms. The molecule has 2 nitrogen and oxygen atoms in total. The van der Waals surface area contributed by atoms with Crippen molar-refractivity contribution in [3.63, 3.8) is 0 Å². The summed E-state index contributed by atoms with van der Waals surface area (Å²) >= 11 is 3.37. The largest absolute Gasteiger partial charge is 0.406 e. The molecular formula is C19H23BrO2Si. The minimum absolute atomic E-state index is 0.0642. The normalized spacial score (nSPS) is 13.6. The monoisotopic (exact) mass is 390 g/mol. The first kappa shape index (κ1) is 18.1. The lowest BCUT2D eigenvalue weighted by Gasteiger charge is -2.43. The zero-order valence-electron chi connectivity index (χ0n) is 13.8. The van der Waals surface area contributed by atoms with E-state index in [4.69, 9.17) is 4.43 Å². The van der Waals surface area contributed by atoms with E-state index in [9.17, 15) is 4.79 Å². The van der Waals surface area contributed by atoms with Crippen molar-refractivity contribution in [2.24, 2.45) is 0 Å². The molecule has 122 valence electrons. The highest BCUT2D eigenvalue weighted by Crippen LogP contribution is 2.36. The second kappa shape index (κ2) is 7.56. The number of halogens is 1. The van der Waals surface area contributed by atoms with Crippen LogP contribution in [0.2, 0.25) is 5.04 Å². The molecule has 0 bridgehead atoms. The average molecular weight is 391 g/mol. The van der Waals surface area contributed by atoms with E-state index in [-0.39, 0.29) is 9.87 Å². The highest BCUT2D eigenvalue weighted by molar-refractivity contribution is 9.10. The molecule has 0 aliphatic rings. The van der Waals surface area contributed by atoms with Crippen LogP contribution in [-0.2, 0) is 9.22 Å². The van der Waals surface area contributed by atoms with Crippen LogP contribution >= 0.6 is 15.9 Å². The molecule has 23 heavy (non-hydrogen) atoms. The number of carbonyl (C=O) groups is 1. The number of hydrogen-bond acceptors (Lipinski definition) is 2. The zero-order valence-corrected chi connectivity index (χ0v) is 16.4. The molecule has 0 aliphatic heterocycles. The molecule has 2 aromatic carbocycles. The predicted molar refractivity (Wildman–Crippen MR) is 102 cm³/mol. The van der Waals surface area contributed by atoms with Crippen molar-refractivity contribution in [3.8, 4) is 0 Å². The van der Waals surface area contributed by atoms with Gasteiger partial charge in [-0.3, -0.25) is 0 Å². The van der Waals surface area contributed by atoms with Crippen molar-refractivity contribution >= 4 is 40.9 Å². The highest BCUT2D eigenvalue weighted by atomic mass is 79.9. The van der Waals surface area contributed by atoms with Crippen molar-refractivity contribution < 1.29 is 9.22 Å². The molecule has 0 heterocycles. The fourth-order valence-electron chi connectivity index (χ4n) is 3.01. The van der Waals surface area contributed by atoms with Crippen molar-refractivity contribution in [1.29, 1.82) is 0 Å². The first-order chi connectivity index (χ1) is 10.9. The number of alkyl halides is 1. The lowest BCUT2D eigenvalue weighted by atomic mass is 10.2. The van der Waals surface area contributed by atoms with E-state index in [1.807, 2.05) is 12.1 Å². The zero-order chi connectivity index (χ0) is 16.9. The summed E-state index contributed by atoms with van der Waals surface area (Å²) in [6.45, 7) is 7.05. The molecule has 0 fully saturated rings. The summed E-state index contributed by atoms with van der Waals surface area (Å²) in [7, 11) is -2.52. The van der Waals surface area contributed by atoms with Crippen LogP contribution in [-0.4, -0.2) is 26.0 Å². The molecule has 0 radical (unpaired) electrons. The molecule has 0 aromatic heterocycles. The first-order valence-electron chi connectivity index (χ1n) is 7.76. The summed E-state index contributed by atoms with van der Waals surface area (Å²) in [5.41, 5.74) is 0. The van der Waals surface area contributed by atoms with Crippen LogP contribution in [0, 0.1) is 0 Å². The summed E-state index contributed by atoms with van der Waals surface area (Å²) in [6.07, 6.45) is 0.887. The van der Waals surface area contributed by atoms with E-state index in [0.717, 1.165) is 6.29 Å². The maximum Gasteiger partial charge on any atom is 0.261 e. The first-order valence-corrected chi connectivity index (χ1v) is 10.6. The maximum atomic E-state index is 11.0. The standard InChI is InChI=1S/C19H23BrO2Si/c1-19(2,3)23(22-15-16(20)14-21,17-10-6-4-7-11-17)18-12-8-5-9-13-18/h4-14,16H,15H2,1-3H3. The second-order valence-corrected chi connectivity index (χ2v) is 12.1. The topological polar surface area (TPSA) is 26.3 Å². The van der Waals surface area contributed by atoms with Crippen LogP contribution in [0.15, 0.2) is 60.7 Å². The Morgan fingerprint density at radius 2 is 1.43 bits per heavy atom. The van der Waals surface area contributed by atoms with Gasteiger partial charge >= 0.3 is 0 Å². The smallest absolute Gasteiger partial charge is 0.261 e. The van der Waals surface area contributed by atoms with Gasteiger partial charge in [-0.2, -0.15) is 0 Å². The van der Waals surface area contributed by atoms with Gasteiger partial charge in [0.1, 0.15) is 6.29 Å². The lowest BCUT2D eigenvalue weighted by molar-refractivity contribution is -0.107. The number of carbonyl (C=O) groups excluding carboxylic acids is 1. The minimum atomic E-state index is -2.52. The van der Waals surface area contributed by atoms with Gasteiger partial charge in [0.25, 0.3) is 8.32 Å². The summed E-state index contributed by atoms with van der Waals surface area (Å²) < 4.78 is 6.58. The fraction of sp³-hybridized carbons (Fsp3) is 0.316. The average Bonchev–Trinajstić information content (AvgIpc) is 2.56. The lowest BCUT2D eigenvalue weighted by Crippen LogP contribution is -2.67. The molecule has 0 saturated heterocycles. The number of hydrogen-bond donors (Lipinski definition) is 0. The van der Waals surface area contributed by atoms with Gasteiger partial charge in [-0.1, -0.05) is 97.4 Å². The van der Waals surface area contributed by atoms with E-state index >= 15 is 0 Å². The van der Waals surface area contributed by atoms with Crippen molar-refractivity contribution in [2.45, 2.75) is 30.6 Å². The van der Waals surface area contributed by atoms with Gasteiger partial charge in [0.15, 0.2) is 0 Å². The minimum Gasteiger partial charge on any atom is -0.406 e. The summed E-state index contributed by atoms with van der Waals surface area (Å²) in [5.74, 6) is 0. The SMILES string of the molecule is CC(C)(C)[Si](OCC(Br)C=O)(c1ccccc1)c1ccccc1. The third-order valence-corrected chi connectivity index (χ3v) is 9.51. The summed E-state index contributed by atoms with van der Waals surface area (Å²) in [5, 5.41) is 2.39. The maximum absolute atomic E-state index is 11.0. The van der Waals surface area contributed by atoms with Gasteiger partial charge in [-0.25, -0.2) is 0 Å². The molecule has 0 saturated carbocycles. The Morgan fingerprint density at radius 3 is 1.78 bits per heavy atom. The van der Waals surface area contributed by atoms with Crippen molar-refractivity contribution in [3.05, 3.63) is 60.7 Å². The van der Waals surface area contributed by atoms with Crippen molar-refractivity contribution in [2.75, 3.05) is 6.61 Å². The summed E-state index contributed by atoms with van der Waals surface area (Å²) in [4.78, 5) is 10.7. The third kappa shape index (κ3) is 3.82. The molecule has 0 N–H and O–H groups in total. The molecular weight excluding hydrogens is 368 g/mol. The number of benzene rings is 2. The Bertz CT molecular complexity index is 583. The molecule has 1 atom stereocenters. The molecule has 2 rings (SSSR count). The quantitative estimate of drug-likeness (QED) is 0.428. The van der Waals surface area contributed by atoms with Gasteiger partial charge in [0.05, 0.1) is 11.4 Å². The third-order valence-electron chi connectivity index (χ3n) is 4.02. The van der Waals surface area contributed by atoms with Crippen LogP contribution in [0.4, 0.5) is 0 Å². The Labute approximate surface area is 148 Å². The van der Waals surface area contributed by atoms with Crippen LogP contribution < -0.4 is 10.4 Å². The Hall–Kier alpha value is -1.23. The van der Waals surface area contributed by atoms with Crippen LogP contribution in [0.1, 0.15) is 20.8 Å². The number of aldehydes is 1. The van der Waals surface area contributed by atoms with Crippen LogP contribution in [0.3, 0.4) is 0 Å². The van der Waals surface area contributed by atoms with E-state index in [1.54, 1.807) is 0 Å². The highest BCUT2D eigenvalue weighted by Gasteiger charge is 2.50. The molecule has 0 aliphatic carbocycles. The van der Waals surface area contributed by atoms with Gasteiger partial charge in [-0.05, 0) is 15.4 Å². The van der Waals surface area contributed by atoms with E-state index < -0.39 is 8.32 Å². The Morgan fingerprint density at radius 1 is 1.00 bits per heavy atom. The van der Waals surface area contributed by atoms with Gasteiger partial charge in [0.2, 0.25) is 0 Å². The van der Waals surface area contributed by atoms with E-state index in [1.165, 1.54) is 10.4 Å². The predicted octanol–water partition coefficient (Wildman–Crippen LogP) is 3.53.